The van der Waals surface area contributed by atoms with Crippen LogP contribution in [-0.2, 0) is 0 Å². The Morgan fingerprint density at radius 2 is 1.65 bits per heavy atom. The van der Waals surface area contributed by atoms with Gasteiger partial charge in [-0.25, -0.2) is 0 Å². The highest BCUT2D eigenvalue weighted by molar-refractivity contribution is 5.50. The van der Waals surface area contributed by atoms with Crippen LogP contribution in [0.25, 0.3) is 0 Å². The van der Waals surface area contributed by atoms with Gasteiger partial charge in [-0.15, -0.1) is 0 Å². The van der Waals surface area contributed by atoms with Crippen molar-refractivity contribution < 1.29 is 0 Å². The van der Waals surface area contributed by atoms with E-state index in [4.69, 9.17) is 10.5 Å². The van der Waals surface area contributed by atoms with Gasteiger partial charge in [0.25, 0.3) is 0 Å². The van der Waals surface area contributed by atoms with E-state index in [1.165, 1.54) is 36.9 Å². The van der Waals surface area contributed by atoms with E-state index in [-0.39, 0.29) is 5.57 Å². The van der Waals surface area contributed by atoms with Crippen LogP contribution in [-0.4, -0.2) is 13.1 Å². The number of nitriles is 2. The summed E-state index contributed by atoms with van der Waals surface area (Å²) < 4.78 is 0. The summed E-state index contributed by atoms with van der Waals surface area (Å²) in [5.41, 5.74) is 3.74. The first-order valence-electron chi connectivity index (χ1n) is 9.79. The molecule has 0 aliphatic heterocycles. The predicted molar refractivity (Wildman–Crippen MR) is 108 cm³/mol. The quantitative estimate of drug-likeness (QED) is 0.552. The van der Waals surface area contributed by atoms with Crippen molar-refractivity contribution in [1.29, 1.82) is 10.5 Å². The van der Waals surface area contributed by atoms with Gasteiger partial charge in [-0.05, 0) is 49.0 Å². The molecule has 2 rings (SSSR count). The molecule has 1 atom stereocenters. The molecule has 136 valence electrons. The van der Waals surface area contributed by atoms with Gasteiger partial charge in [0.15, 0.2) is 0 Å². The Bertz CT molecular complexity index is 689. The van der Waals surface area contributed by atoms with Crippen molar-refractivity contribution in [3.63, 3.8) is 0 Å². The van der Waals surface area contributed by atoms with Crippen molar-refractivity contribution >= 4 is 5.69 Å². The molecule has 1 aromatic carbocycles. The fourth-order valence-electron chi connectivity index (χ4n) is 3.38. The second-order valence-corrected chi connectivity index (χ2v) is 6.91. The van der Waals surface area contributed by atoms with Gasteiger partial charge < -0.3 is 4.90 Å². The molecule has 0 bridgehead atoms. The highest BCUT2D eigenvalue weighted by Crippen LogP contribution is 2.32. The number of benzene rings is 1. The number of anilines is 1. The first kappa shape index (κ1) is 19.8. The van der Waals surface area contributed by atoms with Gasteiger partial charge in [-0.2, -0.15) is 10.5 Å². The van der Waals surface area contributed by atoms with Gasteiger partial charge >= 0.3 is 0 Å². The molecule has 0 fully saturated rings. The fraction of sp³-hybridized carbons (Fsp3) is 0.478. The third kappa shape index (κ3) is 5.24. The zero-order valence-corrected chi connectivity index (χ0v) is 16.0. The minimum Gasteiger partial charge on any atom is -0.372 e. The monoisotopic (exact) mass is 347 g/mol. The molecule has 3 heteroatoms. The van der Waals surface area contributed by atoms with Crippen molar-refractivity contribution in [2.75, 3.05) is 18.0 Å². The van der Waals surface area contributed by atoms with E-state index in [0.717, 1.165) is 31.5 Å². The van der Waals surface area contributed by atoms with Crippen LogP contribution in [0.4, 0.5) is 5.69 Å². The lowest BCUT2D eigenvalue weighted by atomic mass is 9.86. The summed E-state index contributed by atoms with van der Waals surface area (Å²) in [6.45, 7) is 6.73. The highest BCUT2D eigenvalue weighted by atomic mass is 15.1. The van der Waals surface area contributed by atoms with Crippen LogP contribution in [0.2, 0.25) is 0 Å². The van der Waals surface area contributed by atoms with E-state index in [2.05, 4.69) is 49.1 Å². The number of nitrogens with zero attached hydrogens (tertiary/aromatic N) is 3. The summed E-state index contributed by atoms with van der Waals surface area (Å²) in [6.07, 6.45) is 10.7. The molecule has 26 heavy (non-hydrogen) atoms. The maximum absolute atomic E-state index is 9.00. The van der Waals surface area contributed by atoms with E-state index in [1.54, 1.807) is 0 Å². The van der Waals surface area contributed by atoms with Crippen LogP contribution in [0.5, 0.6) is 0 Å². The molecular formula is C23H29N3. The molecule has 0 aromatic heterocycles. The highest BCUT2D eigenvalue weighted by Gasteiger charge is 2.16. The topological polar surface area (TPSA) is 50.8 Å². The summed E-state index contributed by atoms with van der Waals surface area (Å²) in [4.78, 5) is 2.50. The SMILES string of the molecule is CCCCN(CCCC)c1ccc(C2C=CC(=C(C#N)C#N)CC2)cc1. The molecule has 1 unspecified atom stereocenters. The summed E-state index contributed by atoms with van der Waals surface area (Å²) in [5, 5.41) is 18.0. The van der Waals surface area contributed by atoms with Crippen LogP contribution >= 0.6 is 0 Å². The van der Waals surface area contributed by atoms with E-state index < -0.39 is 0 Å². The lowest BCUT2D eigenvalue weighted by Gasteiger charge is -2.26. The molecule has 1 aliphatic carbocycles. The second-order valence-electron chi connectivity index (χ2n) is 6.91. The van der Waals surface area contributed by atoms with Crippen LogP contribution in [0.1, 0.15) is 63.9 Å². The molecule has 3 nitrogen and oxygen atoms in total. The molecule has 1 aliphatic rings. The minimum absolute atomic E-state index is 0.248. The summed E-state index contributed by atoms with van der Waals surface area (Å²) in [5.74, 6) is 0.367. The minimum atomic E-state index is 0.248. The third-order valence-electron chi connectivity index (χ3n) is 5.05. The van der Waals surface area contributed by atoms with E-state index in [1.807, 2.05) is 18.2 Å². The predicted octanol–water partition coefficient (Wildman–Crippen LogP) is 5.87. The Morgan fingerprint density at radius 3 is 2.12 bits per heavy atom. The van der Waals surface area contributed by atoms with Crippen molar-refractivity contribution in [1.82, 2.24) is 0 Å². The first-order chi connectivity index (χ1) is 12.7. The van der Waals surface area contributed by atoms with Gasteiger partial charge in [-0.3, -0.25) is 0 Å². The van der Waals surface area contributed by atoms with Crippen molar-refractivity contribution in [3.8, 4) is 12.1 Å². The largest absolute Gasteiger partial charge is 0.372 e. The van der Waals surface area contributed by atoms with Gasteiger partial charge in [0.1, 0.15) is 17.7 Å². The number of hydrogen-bond donors (Lipinski definition) is 0. The molecule has 0 N–H and O–H groups in total. The van der Waals surface area contributed by atoms with Gasteiger partial charge in [0.05, 0.1) is 0 Å². The lowest BCUT2D eigenvalue weighted by molar-refractivity contribution is 0.677. The fourth-order valence-corrected chi connectivity index (χ4v) is 3.38. The molecule has 0 saturated heterocycles. The number of hydrogen-bond acceptors (Lipinski definition) is 3. The van der Waals surface area contributed by atoms with Gasteiger partial charge in [0, 0.05) is 24.7 Å². The molecule has 0 amide bonds. The lowest BCUT2D eigenvalue weighted by Crippen LogP contribution is -2.25. The normalized spacial score (nSPS) is 16.0. The van der Waals surface area contributed by atoms with Gasteiger partial charge in [-0.1, -0.05) is 51.0 Å². The average Bonchev–Trinajstić information content (AvgIpc) is 2.70. The number of unbranched alkanes of at least 4 members (excludes halogenated alkanes) is 2. The Hall–Kier alpha value is -2.52. The van der Waals surface area contributed by atoms with E-state index in [0.29, 0.717) is 5.92 Å². The van der Waals surface area contributed by atoms with E-state index in [9.17, 15) is 0 Å². The van der Waals surface area contributed by atoms with Crippen LogP contribution in [0.15, 0.2) is 47.6 Å². The summed E-state index contributed by atoms with van der Waals surface area (Å²) in [6, 6.07) is 12.9. The van der Waals surface area contributed by atoms with Crippen LogP contribution < -0.4 is 4.90 Å². The molecule has 1 aromatic rings. The average molecular weight is 348 g/mol. The Morgan fingerprint density at radius 1 is 1.04 bits per heavy atom. The maximum atomic E-state index is 9.00. The van der Waals surface area contributed by atoms with Crippen molar-refractivity contribution in [3.05, 3.63) is 53.1 Å². The van der Waals surface area contributed by atoms with Crippen molar-refractivity contribution in [2.45, 2.75) is 58.3 Å². The zero-order valence-electron chi connectivity index (χ0n) is 16.0. The molecular weight excluding hydrogens is 318 g/mol. The maximum Gasteiger partial charge on any atom is 0.132 e. The molecule has 0 spiro atoms. The first-order valence-corrected chi connectivity index (χ1v) is 9.79. The Balaban J connectivity index is 2.09. The van der Waals surface area contributed by atoms with Crippen LogP contribution in [0.3, 0.4) is 0 Å². The number of allylic oxidation sites excluding steroid dienone is 4. The second kappa shape index (κ2) is 10.5. The Labute approximate surface area is 158 Å². The van der Waals surface area contributed by atoms with Crippen molar-refractivity contribution in [2.24, 2.45) is 0 Å². The van der Waals surface area contributed by atoms with Gasteiger partial charge in [0.2, 0.25) is 0 Å². The van der Waals surface area contributed by atoms with Crippen LogP contribution in [0, 0.1) is 22.7 Å². The summed E-state index contributed by atoms with van der Waals surface area (Å²) in [7, 11) is 0. The van der Waals surface area contributed by atoms with E-state index >= 15 is 0 Å². The smallest absolute Gasteiger partial charge is 0.132 e. The number of rotatable bonds is 8. The molecule has 0 saturated carbocycles. The summed E-state index contributed by atoms with van der Waals surface area (Å²) >= 11 is 0. The third-order valence-corrected chi connectivity index (χ3v) is 5.05. The molecule has 0 radical (unpaired) electrons. The molecule has 0 heterocycles. The Kier molecular flexibility index (Phi) is 7.97. The standard InChI is InChI=1S/C23H29N3/c1-3-5-15-26(16-6-4-2)23-13-11-20(12-14-23)19-7-9-21(10-8-19)22(17-24)18-25/h7,9,11-14,19H,3-6,8,10,15-16H2,1-2H3. The zero-order chi connectivity index (χ0) is 18.8.